The number of hydrogen-bond acceptors (Lipinski definition) is 6. The predicted molar refractivity (Wildman–Crippen MR) is 83.1 cm³/mol. The summed E-state index contributed by atoms with van der Waals surface area (Å²) in [7, 11) is 0. The van der Waals surface area contributed by atoms with Crippen LogP contribution in [0.5, 0.6) is 5.75 Å². The van der Waals surface area contributed by atoms with E-state index < -0.39 is 4.92 Å². The van der Waals surface area contributed by atoms with Gasteiger partial charge in [-0.3, -0.25) is 10.1 Å². The van der Waals surface area contributed by atoms with Crippen LogP contribution in [0.3, 0.4) is 0 Å². The standard InChI is InChI=1S/C14H14N2O3S2/c17-12-6-5-10(16(18)19)7-9(12)8-20-14-15-11-3-1-2-4-13(11)21-14/h5-7,17H,1-4,8H2. The number of phenolic OH excluding ortho intramolecular Hbond substituents is 1. The van der Waals surface area contributed by atoms with Gasteiger partial charge in [0.15, 0.2) is 4.34 Å². The second kappa shape index (κ2) is 6.03. The zero-order valence-electron chi connectivity index (χ0n) is 11.2. The molecule has 1 aromatic carbocycles. The van der Waals surface area contributed by atoms with Gasteiger partial charge in [0.1, 0.15) is 5.75 Å². The molecule has 0 saturated heterocycles. The van der Waals surface area contributed by atoms with Crippen molar-refractivity contribution in [3.05, 3.63) is 44.4 Å². The summed E-state index contributed by atoms with van der Waals surface area (Å²) in [5.41, 5.74) is 1.78. The summed E-state index contributed by atoms with van der Waals surface area (Å²) in [6, 6.07) is 4.11. The lowest BCUT2D eigenvalue weighted by Crippen LogP contribution is -1.98. The summed E-state index contributed by atoms with van der Waals surface area (Å²) >= 11 is 3.23. The molecule has 0 fully saturated rings. The van der Waals surface area contributed by atoms with Crippen molar-refractivity contribution >= 4 is 28.8 Å². The number of fused-ring (bicyclic) bond motifs is 1. The van der Waals surface area contributed by atoms with Gasteiger partial charge in [-0.2, -0.15) is 0 Å². The van der Waals surface area contributed by atoms with Gasteiger partial charge in [0.2, 0.25) is 0 Å². The lowest BCUT2D eigenvalue weighted by atomic mass is 10.0. The van der Waals surface area contributed by atoms with E-state index >= 15 is 0 Å². The molecule has 0 bridgehead atoms. The fourth-order valence-electron chi connectivity index (χ4n) is 2.33. The van der Waals surface area contributed by atoms with Crippen LogP contribution in [-0.2, 0) is 18.6 Å². The molecule has 1 aliphatic carbocycles. The number of thiazole rings is 1. The number of nitro benzene ring substituents is 1. The van der Waals surface area contributed by atoms with Gasteiger partial charge in [-0.1, -0.05) is 11.8 Å². The van der Waals surface area contributed by atoms with Gasteiger partial charge in [0.25, 0.3) is 5.69 Å². The van der Waals surface area contributed by atoms with Crippen LogP contribution in [0.1, 0.15) is 29.0 Å². The van der Waals surface area contributed by atoms with Crippen LogP contribution >= 0.6 is 23.1 Å². The van der Waals surface area contributed by atoms with Gasteiger partial charge in [0.05, 0.1) is 10.6 Å². The summed E-state index contributed by atoms with van der Waals surface area (Å²) < 4.78 is 0.979. The number of thioether (sulfide) groups is 1. The minimum Gasteiger partial charge on any atom is -0.508 e. The van der Waals surface area contributed by atoms with E-state index in [2.05, 4.69) is 4.98 Å². The van der Waals surface area contributed by atoms with Gasteiger partial charge in [0, 0.05) is 28.3 Å². The minimum absolute atomic E-state index is 0.00170. The third-order valence-electron chi connectivity index (χ3n) is 3.45. The Morgan fingerprint density at radius 1 is 1.38 bits per heavy atom. The number of aryl methyl sites for hydroxylation is 2. The van der Waals surface area contributed by atoms with Crippen molar-refractivity contribution in [2.24, 2.45) is 0 Å². The zero-order valence-corrected chi connectivity index (χ0v) is 12.9. The van der Waals surface area contributed by atoms with Crippen LogP contribution in [-0.4, -0.2) is 15.0 Å². The maximum absolute atomic E-state index is 10.8. The van der Waals surface area contributed by atoms with E-state index in [1.165, 1.54) is 53.4 Å². The highest BCUT2D eigenvalue weighted by molar-refractivity contribution is 8.00. The molecule has 0 radical (unpaired) electrons. The lowest BCUT2D eigenvalue weighted by Gasteiger charge is -2.06. The second-order valence-corrected chi connectivity index (χ2v) is 7.22. The van der Waals surface area contributed by atoms with Crippen LogP contribution in [0.15, 0.2) is 22.5 Å². The van der Waals surface area contributed by atoms with E-state index in [-0.39, 0.29) is 11.4 Å². The van der Waals surface area contributed by atoms with Crippen LogP contribution in [0.25, 0.3) is 0 Å². The molecule has 7 heteroatoms. The van der Waals surface area contributed by atoms with Crippen molar-refractivity contribution < 1.29 is 10.0 Å². The number of aromatic hydroxyl groups is 1. The molecule has 0 saturated carbocycles. The number of nitro groups is 1. The second-order valence-electron chi connectivity index (χ2n) is 4.92. The summed E-state index contributed by atoms with van der Waals surface area (Å²) in [6.07, 6.45) is 4.58. The number of nitrogens with zero attached hydrogens (tertiary/aromatic N) is 2. The topological polar surface area (TPSA) is 76.3 Å². The smallest absolute Gasteiger partial charge is 0.270 e. The molecule has 110 valence electrons. The Kier molecular flexibility index (Phi) is 4.12. The van der Waals surface area contributed by atoms with Crippen molar-refractivity contribution in [3.8, 4) is 5.75 Å². The van der Waals surface area contributed by atoms with E-state index in [1.807, 2.05) is 0 Å². The van der Waals surface area contributed by atoms with Crippen molar-refractivity contribution in [2.75, 3.05) is 0 Å². The van der Waals surface area contributed by atoms with Crippen LogP contribution in [0, 0.1) is 10.1 Å². The highest BCUT2D eigenvalue weighted by atomic mass is 32.2. The molecule has 0 spiro atoms. The first kappa shape index (κ1) is 14.3. The lowest BCUT2D eigenvalue weighted by molar-refractivity contribution is -0.384. The molecule has 1 N–H and O–H groups in total. The van der Waals surface area contributed by atoms with E-state index in [4.69, 9.17) is 0 Å². The maximum Gasteiger partial charge on any atom is 0.270 e. The van der Waals surface area contributed by atoms with Crippen molar-refractivity contribution in [2.45, 2.75) is 35.8 Å². The minimum atomic E-state index is -0.449. The molecule has 0 atom stereocenters. The number of benzene rings is 1. The largest absolute Gasteiger partial charge is 0.508 e. The molecule has 1 heterocycles. The van der Waals surface area contributed by atoms with Crippen molar-refractivity contribution in [1.29, 1.82) is 0 Å². The Hall–Kier alpha value is -1.60. The number of hydrogen-bond donors (Lipinski definition) is 1. The van der Waals surface area contributed by atoms with Crippen LogP contribution in [0.2, 0.25) is 0 Å². The van der Waals surface area contributed by atoms with Gasteiger partial charge in [-0.05, 0) is 31.7 Å². The fourth-order valence-corrected chi connectivity index (χ4v) is 4.61. The van der Waals surface area contributed by atoms with Gasteiger partial charge >= 0.3 is 0 Å². The number of rotatable bonds is 4. The first-order valence-corrected chi connectivity index (χ1v) is 8.51. The molecule has 0 unspecified atom stereocenters. The Bertz CT molecular complexity index is 661. The third kappa shape index (κ3) is 3.19. The highest BCUT2D eigenvalue weighted by Gasteiger charge is 2.16. The third-order valence-corrected chi connectivity index (χ3v) is 5.80. The summed E-state index contributed by atoms with van der Waals surface area (Å²) in [4.78, 5) is 16.3. The van der Waals surface area contributed by atoms with Gasteiger partial charge in [-0.25, -0.2) is 4.98 Å². The molecular weight excluding hydrogens is 308 g/mol. The Morgan fingerprint density at radius 2 is 2.19 bits per heavy atom. The molecule has 0 aliphatic heterocycles. The molecule has 2 aromatic rings. The average molecular weight is 322 g/mol. The van der Waals surface area contributed by atoms with E-state index in [0.29, 0.717) is 11.3 Å². The first-order valence-electron chi connectivity index (χ1n) is 6.71. The highest BCUT2D eigenvalue weighted by Crippen LogP contribution is 2.35. The first-order chi connectivity index (χ1) is 10.1. The predicted octanol–water partition coefficient (Wildman–Crippen LogP) is 3.93. The Morgan fingerprint density at radius 3 is 2.95 bits per heavy atom. The monoisotopic (exact) mass is 322 g/mol. The van der Waals surface area contributed by atoms with Gasteiger partial charge < -0.3 is 5.11 Å². The van der Waals surface area contributed by atoms with Crippen molar-refractivity contribution in [3.63, 3.8) is 0 Å². The number of phenols is 1. The zero-order chi connectivity index (χ0) is 14.8. The van der Waals surface area contributed by atoms with Crippen LogP contribution < -0.4 is 0 Å². The quantitative estimate of drug-likeness (QED) is 0.524. The maximum atomic E-state index is 10.8. The van der Waals surface area contributed by atoms with Gasteiger partial charge in [-0.15, -0.1) is 11.3 Å². The molecule has 5 nitrogen and oxygen atoms in total. The summed E-state index contributed by atoms with van der Waals surface area (Å²) in [5, 5.41) is 20.6. The average Bonchev–Trinajstić information content (AvgIpc) is 2.89. The van der Waals surface area contributed by atoms with Crippen LogP contribution in [0.4, 0.5) is 5.69 Å². The molecule has 0 amide bonds. The van der Waals surface area contributed by atoms with Crippen molar-refractivity contribution in [1.82, 2.24) is 4.98 Å². The normalized spacial score (nSPS) is 13.9. The molecular formula is C14H14N2O3S2. The van der Waals surface area contributed by atoms with E-state index in [9.17, 15) is 15.2 Å². The molecule has 1 aromatic heterocycles. The summed E-state index contributed by atoms with van der Waals surface area (Å²) in [5.74, 6) is 0.578. The summed E-state index contributed by atoms with van der Waals surface area (Å²) in [6.45, 7) is 0. The van der Waals surface area contributed by atoms with E-state index in [1.54, 1.807) is 11.3 Å². The van der Waals surface area contributed by atoms with E-state index in [0.717, 1.165) is 17.2 Å². The number of aromatic nitrogens is 1. The molecule has 21 heavy (non-hydrogen) atoms. The molecule has 1 aliphatic rings. The fraction of sp³-hybridized carbons (Fsp3) is 0.357. The number of non-ortho nitro benzene ring substituents is 1. The Labute approximate surface area is 130 Å². The Balaban J connectivity index is 1.74. The SMILES string of the molecule is O=[N+]([O-])c1ccc(O)c(CSc2nc3c(s2)CCCC3)c1. The molecule has 3 rings (SSSR count).